The summed E-state index contributed by atoms with van der Waals surface area (Å²) in [6.45, 7) is 5.98. The number of hydrogen-bond acceptors (Lipinski definition) is 8. The van der Waals surface area contributed by atoms with E-state index in [1.165, 1.54) is 0 Å². The summed E-state index contributed by atoms with van der Waals surface area (Å²) in [5.41, 5.74) is 3.72. The van der Waals surface area contributed by atoms with E-state index < -0.39 is 0 Å². The molecule has 0 N–H and O–H groups in total. The SMILES string of the molecule is CC(COc1ccc(C=Nc2ccc(OCC3CO3)cc2)cc1)COc1ccc(C=Nc2ccc(OCC3CO3)cc2)cc1. The fourth-order valence-corrected chi connectivity index (χ4v) is 4.09. The van der Waals surface area contributed by atoms with Crippen LogP contribution in [0.2, 0.25) is 0 Å². The summed E-state index contributed by atoms with van der Waals surface area (Å²) in [6.07, 6.45) is 4.17. The van der Waals surface area contributed by atoms with E-state index in [0.29, 0.717) is 26.4 Å². The van der Waals surface area contributed by atoms with E-state index in [-0.39, 0.29) is 18.1 Å². The molecule has 226 valence electrons. The van der Waals surface area contributed by atoms with Gasteiger partial charge in [-0.1, -0.05) is 6.92 Å². The molecule has 0 amide bonds. The van der Waals surface area contributed by atoms with Crippen molar-refractivity contribution in [3.8, 4) is 23.0 Å². The number of epoxide rings is 2. The quantitative estimate of drug-likeness (QED) is 0.105. The third kappa shape index (κ3) is 9.69. The number of rotatable bonds is 16. The summed E-state index contributed by atoms with van der Waals surface area (Å²) in [5, 5.41) is 0. The molecule has 2 atom stereocenters. The number of aliphatic imine (C=N–C) groups is 2. The Labute approximate surface area is 257 Å². The maximum Gasteiger partial charge on any atom is 0.119 e. The van der Waals surface area contributed by atoms with E-state index in [1.807, 2.05) is 109 Å². The maximum atomic E-state index is 5.98. The normalized spacial score (nSPS) is 17.8. The Kier molecular flexibility index (Phi) is 9.81. The fourth-order valence-electron chi connectivity index (χ4n) is 4.09. The molecule has 4 aromatic carbocycles. The first kappa shape index (κ1) is 29.4. The highest BCUT2D eigenvalue weighted by Crippen LogP contribution is 2.22. The summed E-state index contributed by atoms with van der Waals surface area (Å²) >= 11 is 0. The molecule has 0 bridgehead atoms. The molecular formula is C36H36N2O6. The van der Waals surface area contributed by atoms with Gasteiger partial charge in [-0.25, -0.2) is 0 Å². The van der Waals surface area contributed by atoms with Crippen molar-refractivity contribution in [2.24, 2.45) is 15.9 Å². The predicted octanol–water partition coefficient (Wildman–Crippen LogP) is 6.84. The van der Waals surface area contributed by atoms with Crippen molar-refractivity contribution in [1.29, 1.82) is 0 Å². The second-order valence-corrected chi connectivity index (χ2v) is 10.9. The molecule has 2 heterocycles. The highest BCUT2D eigenvalue weighted by molar-refractivity contribution is 5.82. The minimum atomic E-state index is 0.213. The third-order valence-electron chi connectivity index (χ3n) is 6.90. The largest absolute Gasteiger partial charge is 0.493 e. The van der Waals surface area contributed by atoms with E-state index in [2.05, 4.69) is 16.9 Å². The zero-order valence-electron chi connectivity index (χ0n) is 24.7. The van der Waals surface area contributed by atoms with Crippen LogP contribution < -0.4 is 18.9 Å². The van der Waals surface area contributed by atoms with E-state index in [4.69, 9.17) is 28.4 Å². The number of hydrogen-bond donors (Lipinski definition) is 0. The standard InChI is InChI=1S/C36H36N2O6/c1-26(20-39-31-10-2-27(3-11-31)18-37-29-6-14-33(15-7-29)41-22-35-24-43-35)21-40-32-12-4-28(5-13-32)19-38-30-8-16-34(17-9-30)42-23-36-25-44-36/h2-19,26,35-36H,20-25H2,1H3. The van der Waals surface area contributed by atoms with Crippen molar-refractivity contribution in [3.63, 3.8) is 0 Å². The van der Waals surface area contributed by atoms with Gasteiger partial charge in [-0.2, -0.15) is 0 Å². The Morgan fingerprint density at radius 1 is 0.568 bits per heavy atom. The van der Waals surface area contributed by atoms with Crippen LogP contribution in [0.3, 0.4) is 0 Å². The van der Waals surface area contributed by atoms with Gasteiger partial charge in [-0.05, 0) is 108 Å². The molecule has 0 aromatic heterocycles. The Morgan fingerprint density at radius 3 is 1.27 bits per heavy atom. The minimum Gasteiger partial charge on any atom is -0.493 e. The van der Waals surface area contributed by atoms with E-state index in [0.717, 1.165) is 58.7 Å². The van der Waals surface area contributed by atoms with Crippen molar-refractivity contribution < 1.29 is 28.4 Å². The lowest BCUT2D eigenvalue weighted by atomic mass is 10.2. The molecule has 0 saturated carbocycles. The van der Waals surface area contributed by atoms with Gasteiger partial charge in [-0.15, -0.1) is 0 Å². The van der Waals surface area contributed by atoms with E-state index in [1.54, 1.807) is 0 Å². The Balaban J connectivity index is 0.885. The molecule has 4 aromatic rings. The van der Waals surface area contributed by atoms with Gasteiger partial charge >= 0.3 is 0 Å². The van der Waals surface area contributed by atoms with Crippen LogP contribution in [0.5, 0.6) is 23.0 Å². The van der Waals surface area contributed by atoms with Crippen LogP contribution in [0.15, 0.2) is 107 Å². The van der Waals surface area contributed by atoms with Gasteiger partial charge in [0.1, 0.15) is 48.4 Å². The van der Waals surface area contributed by atoms with Crippen LogP contribution in [-0.4, -0.2) is 64.3 Å². The van der Waals surface area contributed by atoms with Crippen molar-refractivity contribution in [2.75, 3.05) is 39.6 Å². The highest BCUT2D eigenvalue weighted by Gasteiger charge is 2.23. The lowest BCUT2D eigenvalue weighted by Gasteiger charge is -2.14. The van der Waals surface area contributed by atoms with Crippen LogP contribution in [0.4, 0.5) is 11.4 Å². The lowest BCUT2D eigenvalue weighted by molar-refractivity contribution is 0.188. The molecule has 0 aliphatic carbocycles. The summed E-state index contributed by atoms with van der Waals surface area (Å²) in [5.74, 6) is 3.49. The van der Waals surface area contributed by atoms with Crippen LogP contribution in [0.25, 0.3) is 0 Å². The van der Waals surface area contributed by atoms with Crippen LogP contribution in [0, 0.1) is 5.92 Å². The molecule has 2 fully saturated rings. The predicted molar refractivity (Wildman–Crippen MR) is 171 cm³/mol. The number of benzene rings is 4. The Hall–Kier alpha value is -4.66. The van der Waals surface area contributed by atoms with Gasteiger partial charge in [0.25, 0.3) is 0 Å². The monoisotopic (exact) mass is 592 g/mol. The molecule has 0 radical (unpaired) electrons. The number of ether oxygens (including phenoxy) is 6. The molecule has 6 rings (SSSR count). The Bertz CT molecular complexity index is 1390. The zero-order valence-corrected chi connectivity index (χ0v) is 24.7. The van der Waals surface area contributed by atoms with Crippen molar-refractivity contribution >= 4 is 23.8 Å². The fraction of sp³-hybridized carbons (Fsp3) is 0.278. The molecule has 2 unspecified atom stereocenters. The van der Waals surface area contributed by atoms with Gasteiger partial charge in [0.05, 0.1) is 37.8 Å². The highest BCUT2D eigenvalue weighted by atomic mass is 16.6. The molecule has 8 heteroatoms. The van der Waals surface area contributed by atoms with Gasteiger partial charge in [0.15, 0.2) is 0 Å². The number of nitrogens with zero attached hydrogens (tertiary/aromatic N) is 2. The van der Waals surface area contributed by atoms with Gasteiger partial charge < -0.3 is 28.4 Å². The molecular weight excluding hydrogens is 556 g/mol. The summed E-state index contributed by atoms with van der Waals surface area (Å²) in [7, 11) is 0. The molecule has 2 aliphatic heterocycles. The molecule has 0 spiro atoms. The summed E-state index contributed by atoms with van der Waals surface area (Å²) in [6, 6.07) is 31.2. The summed E-state index contributed by atoms with van der Waals surface area (Å²) < 4.78 is 33.6. The van der Waals surface area contributed by atoms with Crippen LogP contribution >= 0.6 is 0 Å². The first-order valence-electron chi connectivity index (χ1n) is 14.9. The first-order valence-corrected chi connectivity index (χ1v) is 14.9. The van der Waals surface area contributed by atoms with Crippen molar-refractivity contribution in [2.45, 2.75) is 19.1 Å². The Morgan fingerprint density at radius 2 is 0.909 bits per heavy atom. The van der Waals surface area contributed by atoms with Gasteiger partial charge in [-0.3, -0.25) is 9.98 Å². The first-order chi connectivity index (χ1) is 21.6. The maximum absolute atomic E-state index is 5.98. The van der Waals surface area contributed by atoms with E-state index >= 15 is 0 Å². The van der Waals surface area contributed by atoms with Gasteiger partial charge in [0.2, 0.25) is 0 Å². The zero-order chi connectivity index (χ0) is 30.0. The van der Waals surface area contributed by atoms with E-state index in [9.17, 15) is 0 Å². The van der Waals surface area contributed by atoms with Crippen LogP contribution in [-0.2, 0) is 9.47 Å². The molecule has 8 nitrogen and oxygen atoms in total. The molecule has 44 heavy (non-hydrogen) atoms. The average molecular weight is 593 g/mol. The van der Waals surface area contributed by atoms with Crippen molar-refractivity contribution in [3.05, 3.63) is 108 Å². The smallest absolute Gasteiger partial charge is 0.119 e. The topological polar surface area (TPSA) is 86.7 Å². The third-order valence-corrected chi connectivity index (χ3v) is 6.90. The molecule has 2 aliphatic rings. The van der Waals surface area contributed by atoms with Gasteiger partial charge in [0, 0.05) is 18.3 Å². The minimum absolute atomic E-state index is 0.213. The average Bonchev–Trinajstić information content (AvgIpc) is 4.01. The van der Waals surface area contributed by atoms with Crippen LogP contribution in [0.1, 0.15) is 18.1 Å². The second kappa shape index (κ2) is 14.7. The summed E-state index contributed by atoms with van der Waals surface area (Å²) in [4.78, 5) is 9.10. The van der Waals surface area contributed by atoms with Crippen molar-refractivity contribution in [1.82, 2.24) is 0 Å². The lowest BCUT2D eigenvalue weighted by Crippen LogP contribution is -2.16. The molecule has 2 saturated heterocycles. The second-order valence-electron chi connectivity index (χ2n) is 10.9.